The average molecular weight is 455 g/mol. The predicted octanol–water partition coefficient (Wildman–Crippen LogP) is 6.85. The van der Waals surface area contributed by atoms with Crippen LogP contribution in [0.4, 0.5) is 0 Å². The standard InChI is InChI=1S/C28H38O5/c1(3-7-11-23-13-15-25-27(19-23)32-21-30-25)5-9-17-29-18-10-6-2-4-8-12-24-14-16-26-28(20-24)33-22-31-26/h13-16,19-20H,1-12,17-18,21-22H2. The van der Waals surface area contributed by atoms with Gasteiger partial charge in [-0.25, -0.2) is 0 Å². The van der Waals surface area contributed by atoms with Crippen LogP contribution in [0.25, 0.3) is 0 Å². The monoisotopic (exact) mass is 454 g/mol. The Morgan fingerprint density at radius 2 is 0.909 bits per heavy atom. The maximum Gasteiger partial charge on any atom is 0.231 e. The Morgan fingerprint density at radius 3 is 1.42 bits per heavy atom. The fourth-order valence-electron chi connectivity index (χ4n) is 4.42. The molecule has 0 spiro atoms. The minimum atomic E-state index is 0.351. The van der Waals surface area contributed by atoms with Crippen molar-refractivity contribution in [2.75, 3.05) is 26.8 Å². The number of unbranched alkanes of at least 4 members (excludes halogenated alkanes) is 8. The van der Waals surface area contributed by atoms with Crippen LogP contribution in [-0.4, -0.2) is 26.8 Å². The summed E-state index contributed by atoms with van der Waals surface area (Å²) < 4.78 is 27.4. The van der Waals surface area contributed by atoms with Crippen LogP contribution in [0.1, 0.15) is 75.3 Å². The number of hydrogen-bond donors (Lipinski definition) is 0. The molecule has 5 heteroatoms. The lowest BCUT2D eigenvalue weighted by Crippen LogP contribution is -1.97. The molecule has 2 aliphatic heterocycles. The molecule has 0 bridgehead atoms. The van der Waals surface area contributed by atoms with Gasteiger partial charge >= 0.3 is 0 Å². The van der Waals surface area contributed by atoms with Crippen LogP contribution in [0.3, 0.4) is 0 Å². The SMILES string of the molecule is c1cc2c(cc1CCCCCCCOCCCCCCCc1ccc3c(c1)OCO3)OCO2. The first-order valence-corrected chi connectivity index (χ1v) is 12.7. The third-order valence-corrected chi connectivity index (χ3v) is 6.38. The van der Waals surface area contributed by atoms with E-state index >= 15 is 0 Å². The quantitative estimate of drug-likeness (QED) is 0.260. The molecule has 2 heterocycles. The summed E-state index contributed by atoms with van der Waals surface area (Å²) in [5, 5.41) is 0. The Balaban J connectivity index is 0.899. The van der Waals surface area contributed by atoms with E-state index in [1.807, 2.05) is 12.1 Å². The molecule has 0 fully saturated rings. The van der Waals surface area contributed by atoms with Gasteiger partial charge in [-0.15, -0.1) is 0 Å². The van der Waals surface area contributed by atoms with Gasteiger partial charge in [0, 0.05) is 13.2 Å². The highest BCUT2D eigenvalue weighted by Gasteiger charge is 2.13. The largest absolute Gasteiger partial charge is 0.454 e. The molecule has 0 atom stereocenters. The topological polar surface area (TPSA) is 46.2 Å². The molecule has 0 aromatic heterocycles. The van der Waals surface area contributed by atoms with Crippen LogP contribution in [0.15, 0.2) is 36.4 Å². The van der Waals surface area contributed by atoms with Crippen molar-refractivity contribution in [3.63, 3.8) is 0 Å². The number of hydrogen-bond acceptors (Lipinski definition) is 5. The first kappa shape index (κ1) is 23.7. The number of aryl methyl sites for hydroxylation is 2. The third-order valence-electron chi connectivity index (χ3n) is 6.38. The summed E-state index contributed by atoms with van der Waals surface area (Å²) in [6, 6.07) is 12.6. The maximum absolute atomic E-state index is 5.82. The second-order valence-electron chi connectivity index (χ2n) is 9.02. The number of rotatable bonds is 16. The molecule has 0 radical (unpaired) electrons. The van der Waals surface area contributed by atoms with Gasteiger partial charge in [0.25, 0.3) is 0 Å². The van der Waals surface area contributed by atoms with Gasteiger partial charge in [0.05, 0.1) is 0 Å². The first-order chi connectivity index (χ1) is 16.4. The lowest BCUT2D eigenvalue weighted by atomic mass is 10.0. The minimum Gasteiger partial charge on any atom is -0.454 e. The molecule has 5 nitrogen and oxygen atoms in total. The summed E-state index contributed by atoms with van der Waals surface area (Å²) >= 11 is 0. The molecule has 180 valence electrons. The zero-order valence-electron chi connectivity index (χ0n) is 19.8. The second kappa shape index (κ2) is 13.3. The number of ether oxygens (including phenoxy) is 5. The van der Waals surface area contributed by atoms with Crippen LogP contribution in [-0.2, 0) is 17.6 Å². The molecule has 2 aromatic rings. The highest BCUT2D eigenvalue weighted by molar-refractivity contribution is 5.45. The average Bonchev–Trinajstić information content (AvgIpc) is 3.50. The van der Waals surface area contributed by atoms with Crippen molar-refractivity contribution in [2.24, 2.45) is 0 Å². The number of benzene rings is 2. The highest BCUT2D eigenvalue weighted by atomic mass is 16.7. The Hall–Kier alpha value is -2.40. The minimum absolute atomic E-state index is 0.351. The van der Waals surface area contributed by atoms with Gasteiger partial charge in [-0.1, -0.05) is 50.7 Å². The molecule has 0 N–H and O–H groups in total. The van der Waals surface area contributed by atoms with Crippen molar-refractivity contribution >= 4 is 0 Å². The van der Waals surface area contributed by atoms with Crippen LogP contribution < -0.4 is 18.9 Å². The maximum atomic E-state index is 5.82. The van der Waals surface area contributed by atoms with E-state index < -0.39 is 0 Å². The lowest BCUT2D eigenvalue weighted by molar-refractivity contribution is 0.125. The van der Waals surface area contributed by atoms with Gasteiger partial charge < -0.3 is 23.7 Å². The number of fused-ring (bicyclic) bond motifs is 2. The van der Waals surface area contributed by atoms with Crippen LogP contribution in [0.5, 0.6) is 23.0 Å². The van der Waals surface area contributed by atoms with Gasteiger partial charge in [0.2, 0.25) is 13.6 Å². The highest BCUT2D eigenvalue weighted by Crippen LogP contribution is 2.33. The van der Waals surface area contributed by atoms with Crippen molar-refractivity contribution < 1.29 is 23.7 Å². The first-order valence-electron chi connectivity index (χ1n) is 12.7. The molecule has 0 saturated carbocycles. The second-order valence-corrected chi connectivity index (χ2v) is 9.02. The molecule has 33 heavy (non-hydrogen) atoms. The van der Waals surface area contributed by atoms with E-state index in [0.717, 1.165) is 49.1 Å². The van der Waals surface area contributed by atoms with Crippen LogP contribution >= 0.6 is 0 Å². The van der Waals surface area contributed by atoms with Crippen molar-refractivity contribution in [2.45, 2.75) is 77.0 Å². The van der Waals surface area contributed by atoms with Crippen molar-refractivity contribution in [3.05, 3.63) is 47.5 Å². The summed E-state index contributed by atoms with van der Waals surface area (Å²) in [4.78, 5) is 0. The van der Waals surface area contributed by atoms with Gasteiger partial charge in [-0.3, -0.25) is 0 Å². The van der Waals surface area contributed by atoms with Crippen molar-refractivity contribution in [1.29, 1.82) is 0 Å². The summed E-state index contributed by atoms with van der Waals surface area (Å²) in [5.74, 6) is 3.53. The molecule has 0 amide bonds. The molecule has 0 saturated heterocycles. The Bertz CT molecular complexity index is 781. The van der Waals surface area contributed by atoms with E-state index in [1.165, 1.54) is 75.3 Å². The van der Waals surface area contributed by atoms with Crippen molar-refractivity contribution in [1.82, 2.24) is 0 Å². The summed E-state index contributed by atoms with van der Waals surface area (Å²) in [6.07, 6.45) is 14.7. The molecule has 4 rings (SSSR count). The van der Waals surface area contributed by atoms with E-state index in [2.05, 4.69) is 24.3 Å². The predicted molar refractivity (Wildman–Crippen MR) is 130 cm³/mol. The van der Waals surface area contributed by atoms with Gasteiger partial charge in [0.1, 0.15) is 0 Å². The molecule has 0 aliphatic carbocycles. The molecule has 0 unspecified atom stereocenters. The smallest absolute Gasteiger partial charge is 0.231 e. The third kappa shape index (κ3) is 7.85. The Kier molecular flexibility index (Phi) is 9.60. The van der Waals surface area contributed by atoms with E-state index in [4.69, 9.17) is 23.7 Å². The van der Waals surface area contributed by atoms with E-state index in [9.17, 15) is 0 Å². The zero-order valence-corrected chi connectivity index (χ0v) is 19.8. The Labute approximate surface area is 198 Å². The lowest BCUT2D eigenvalue weighted by Gasteiger charge is -2.06. The molecule has 2 aliphatic rings. The van der Waals surface area contributed by atoms with Gasteiger partial charge in [0.15, 0.2) is 23.0 Å². The van der Waals surface area contributed by atoms with Crippen molar-refractivity contribution in [3.8, 4) is 23.0 Å². The van der Waals surface area contributed by atoms with E-state index in [1.54, 1.807) is 0 Å². The molecular formula is C28H38O5. The Morgan fingerprint density at radius 1 is 0.485 bits per heavy atom. The fourth-order valence-corrected chi connectivity index (χ4v) is 4.42. The van der Waals surface area contributed by atoms with E-state index in [0.29, 0.717) is 13.6 Å². The van der Waals surface area contributed by atoms with Gasteiger partial charge in [-0.05, 0) is 73.9 Å². The van der Waals surface area contributed by atoms with Crippen LogP contribution in [0.2, 0.25) is 0 Å². The zero-order chi connectivity index (χ0) is 22.6. The summed E-state index contributed by atoms with van der Waals surface area (Å²) in [7, 11) is 0. The molecule has 2 aromatic carbocycles. The van der Waals surface area contributed by atoms with Gasteiger partial charge in [-0.2, -0.15) is 0 Å². The van der Waals surface area contributed by atoms with Crippen LogP contribution in [0, 0.1) is 0 Å². The normalized spacial score (nSPS) is 13.6. The summed E-state index contributed by atoms with van der Waals surface area (Å²) in [5.41, 5.74) is 2.69. The van der Waals surface area contributed by atoms with E-state index in [-0.39, 0.29) is 0 Å². The summed E-state index contributed by atoms with van der Waals surface area (Å²) in [6.45, 7) is 2.52. The fraction of sp³-hybridized carbons (Fsp3) is 0.571. The molecular weight excluding hydrogens is 416 g/mol.